The summed E-state index contributed by atoms with van der Waals surface area (Å²) in [5, 5.41) is 3.72. The number of nitrogens with one attached hydrogen (secondary N) is 1. The second-order valence-corrected chi connectivity index (χ2v) is 8.17. The van der Waals surface area contributed by atoms with Crippen molar-refractivity contribution in [2.24, 2.45) is 0 Å². The first kappa shape index (κ1) is 18.2. The van der Waals surface area contributed by atoms with Crippen LogP contribution in [0.2, 0.25) is 10.0 Å². The first-order valence-corrected chi connectivity index (χ1v) is 9.66. The van der Waals surface area contributed by atoms with Crippen LogP contribution in [0.4, 0.5) is 5.69 Å². The van der Waals surface area contributed by atoms with E-state index in [1.807, 2.05) is 19.1 Å². The van der Waals surface area contributed by atoms with Crippen LogP contribution in [0.3, 0.4) is 0 Å². The van der Waals surface area contributed by atoms with Gasteiger partial charge in [0.25, 0.3) is 5.91 Å². The summed E-state index contributed by atoms with van der Waals surface area (Å²) >= 11 is 13.5. The molecule has 0 bridgehead atoms. The molecule has 1 unspecified atom stereocenters. The molecule has 0 spiro atoms. The van der Waals surface area contributed by atoms with Crippen LogP contribution in [-0.4, -0.2) is 29.3 Å². The Labute approximate surface area is 160 Å². The third kappa shape index (κ3) is 4.17. The van der Waals surface area contributed by atoms with E-state index >= 15 is 0 Å². The molecule has 3 rings (SSSR count). The maximum absolute atomic E-state index is 12.8. The maximum Gasteiger partial charge on any atom is 0.264 e. The van der Waals surface area contributed by atoms with Crippen molar-refractivity contribution in [1.29, 1.82) is 0 Å². The lowest BCUT2D eigenvalue weighted by Crippen LogP contribution is -2.49. The summed E-state index contributed by atoms with van der Waals surface area (Å²) in [5.41, 5.74) is 0.462. The number of nitrogens with zero attached hydrogens (tertiary/aromatic N) is 1. The number of carbonyl (C=O) groups is 2. The quantitative estimate of drug-likeness (QED) is 0.793. The number of hydrogen-bond acceptors (Lipinski definition) is 3. The van der Waals surface area contributed by atoms with Crippen molar-refractivity contribution >= 4 is 52.0 Å². The van der Waals surface area contributed by atoms with Gasteiger partial charge in [-0.2, -0.15) is 0 Å². The average Bonchev–Trinajstić information content (AvgIpc) is 3.04. The van der Waals surface area contributed by atoms with Crippen LogP contribution < -0.4 is 5.32 Å². The van der Waals surface area contributed by atoms with E-state index in [1.54, 1.807) is 23.1 Å². The third-order valence-corrected chi connectivity index (χ3v) is 5.76. The van der Waals surface area contributed by atoms with Crippen LogP contribution in [0.1, 0.15) is 33.8 Å². The largest absolute Gasteiger partial charge is 0.326 e. The molecule has 0 radical (unpaired) electrons. The maximum atomic E-state index is 12.8. The summed E-state index contributed by atoms with van der Waals surface area (Å²) in [4.78, 5) is 29.0. The number of carbonyl (C=O) groups excluding carboxylic acids is 2. The zero-order valence-electron chi connectivity index (χ0n) is 13.7. The standard InChI is InChI=1S/C18H18Cl2N2O2S/c1-11-5-8-16(25-11)18(24)22-9-3-2-4-15(22)17(23)21-14-10-12(19)6-7-13(14)20/h5-8,10,15H,2-4,9H2,1H3,(H,21,23). The molecule has 0 aliphatic carbocycles. The molecule has 25 heavy (non-hydrogen) atoms. The number of benzene rings is 1. The summed E-state index contributed by atoms with van der Waals surface area (Å²) in [5.74, 6) is -0.319. The van der Waals surface area contributed by atoms with Gasteiger partial charge in [0.2, 0.25) is 5.91 Å². The molecule has 1 aromatic carbocycles. The minimum atomic E-state index is -0.501. The first-order chi connectivity index (χ1) is 12.0. The second-order valence-electron chi connectivity index (χ2n) is 6.03. The lowest BCUT2D eigenvalue weighted by atomic mass is 10.0. The molecule has 1 aromatic heterocycles. The van der Waals surface area contributed by atoms with Gasteiger partial charge in [-0.3, -0.25) is 9.59 Å². The zero-order valence-corrected chi connectivity index (χ0v) is 16.0. The highest BCUT2D eigenvalue weighted by molar-refractivity contribution is 7.13. The van der Waals surface area contributed by atoms with E-state index in [0.717, 1.165) is 17.7 Å². The average molecular weight is 397 g/mol. The van der Waals surface area contributed by atoms with Crippen LogP contribution in [0.25, 0.3) is 0 Å². The smallest absolute Gasteiger partial charge is 0.264 e. The van der Waals surface area contributed by atoms with Gasteiger partial charge in [-0.25, -0.2) is 0 Å². The van der Waals surface area contributed by atoms with E-state index in [2.05, 4.69) is 5.32 Å². The molecule has 1 aliphatic rings. The summed E-state index contributed by atoms with van der Waals surface area (Å²) in [7, 11) is 0. The molecule has 2 amide bonds. The van der Waals surface area contributed by atoms with Gasteiger partial charge in [0.15, 0.2) is 0 Å². The number of rotatable bonds is 3. The number of aryl methyl sites for hydroxylation is 1. The Balaban J connectivity index is 1.79. The fourth-order valence-corrected chi connectivity index (χ4v) is 4.11. The molecule has 1 fully saturated rings. The van der Waals surface area contributed by atoms with Crippen molar-refractivity contribution < 1.29 is 9.59 Å². The Morgan fingerprint density at radius 3 is 2.72 bits per heavy atom. The van der Waals surface area contributed by atoms with E-state index in [4.69, 9.17) is 23.2 Å². The SMILES string of the molecule is Cc1ccc(C(=O)N2CCCCC2C(=O)Nc2cc(Cl)ccc2Cl)s1. The van der Waals surface area contributed by atoms with Crippen LogP contribution in [0.15, 0.2) is 30.3 Å². The van der Waals surface area contributed by atoms with Gasteiger partial charge in [0, 0.05) is 16.4 Å². The number of hydrogen-bond donors (Lipinski definition) is 1. The van der Waals surface area contributed by atoms with Crippen LogP contribution in [0, 0.1) is 6.92 Å². The highest BCUT2D eigenvalue weighted by Gasteiger charge is 2.33. The topological polar surface area (TPSA) is 49.4 Å². The fraction of sp³-hybridized carbons (Fsp3) is 0.333. The number of halogens is 2. The molecule has 7 heteroatoms. The Kier molecular flexibility index (Phi) is 5.67. The monoisotopic (exact) mass is 396 g/mol. The summed E-state index contributed by atoms with van der Waals surface area (Å²) < 4.78 is 0. The predicted octanol–water partition coefficient (Wildman–Crippen LogP) is 5.00. The van der Waals surface area contributed by atoms with Crippen molar-refractivity contribution in [3.05, 3.63) is 50.1 Å². The summed E-state index contributed by atoms with van der Waals surface area (Å²) in [6.07, 6.45) is 2.45. The number of piperidine rings is 1. The molecule has 1 atom stereocenters. The molecule has 1 saturated heterocycles. The molecule has 4 nitrogen and oxygen atoms in total. The first-order valence-electron chi connectivity index (χ1n) is 8.09. The minimum absolute atomic E-state index is 0.0878. The van der Waals surface area contributed by atoms with Crippen LogP contribution in [-0.2, 0) is 4.79 Å². The molecule has 2 heterocycles. The number of thiophene rings is 1. The summed E-state index contributed by atoms with van der Waals surface area (Å²) in [6.45, 7) is 2.54. The minimum Gasteiger partial charge on any atom is -0.326 e. The predicted molar refractivity (Wildman–Crippen MR) is 103 cm³/mol. The second kappa shape index (κ2) is 7.77. The number of likely N-dealkylation sites (tertiary alicyclic amines) is 1. The molecule has 1 N–H and O–H groups in total. The Morgan fingerprint density at radius 1 is 1.20 bits per heavy atom. The molecule has 132 valence electrons. The van der Waals surface area contributed by atoms with Crippen molar-refractivity contribution in [2.75, 3.05) is 11.9 Å². The van der Waals surface area contributed by atoms with Gasteiger partial charge in [0.1, 0.15) is 6.04 Å². The highest BCUT2D eigenvalue weighted by Crippen LogP contribution is 2.28. The van der Waals surface area contributed by atoms with Gasteiger partial charge < -0.3 is 10.2 Å². The Bertz CT molecular complexity index is 806. The summed E-state index contributed by atoms with van der Waals surface area (Å²) in [6, 6.07) is 8.15. The van der Waals surface area contributed by atoms with E-state index in [1.165, 1.54) is 11.3 Å². The Morgan fingerprint density at radius 2 is 2.00 bits per heavy atom. The van der Waals surface area contributed by atoms with Gasteiger partial charge in [-0.1, -0.05) is 23.2 Å². The number of anilines is 1. The molecule has 1 aliphatic heterocycles. The normalized spacial score (nSPS) is 17.4. The van der Waals surface area contributed by atoms with Crippen LogP contribution in [0.5, 0.6) is 0 Å². The molecule has 0 saturated carbocycles. The van der Waals surface area contributed by atoms with Crippen molar-refractivity contribution in [1.82, 2.24) is 4.90 Å². The zero-order chi connectivity index (χ0) is 18.0. The van der Waals surface area contributed by atoms with Gasteiger partial charge in [-0.15, -0.1) is 11.3 Å². The lowest BCUT2D eigenvalue weighted by Gasteiger charge is -2.34. The molecular formula is C18H18Cl2N2O2S. The number of amides is 2. The fourth-order valence-electron chi connectivity index (χ4n) is 2.95. The van der Waals surface area contributed by atoms with E-state index < -0.39 is 6.04 Å². The molecule has 2 aromatic rings. The third-order valence-electron chi connectivity index (χ3n) is 4.20. The van der Waals surface area contributed by atoms with Crippen LogP contribution >= 0.6 is 34.5 Å². The van der Waals surface area contributed by atoms with Crippen molar-refractivity contribution in [2.45, 2.75) is 32.2 Å². The van der Waals surface area contributed by atoms with E-state index in [0.29, 0.717) is 33.6 Å². The van der Waals surface area contributed by atoms with Crippen molar-refractivity contribution in [3.8, 4) is 0 Å². The van der Waals surface area contributed by atoms with E-state index in [-0.39, 0.29) is 11.8 Å². The van der Waals surface area contributed by atoms with Gasteiger partial charge >= 0.3 is 0 Å². The van der Waals surface area contributed by atoms with E-state index in [9.17, 15) is 9.59 Å². The molecular weight excluding hydrogens is 379 g/mol. The Hall–Kier alpha value is -1.56. The van der Waals surface area contributed by atoms with Gasteiger partial charge in [-0.05, 0) is 56.5 Å². The van der Waals surface area contributed by atoms with Gasteiger partial charge in [0.05, 0.1) is 15.6 Å². The highest BCUT2D eigenvalue weighted by atomic mass is 35.5. The lowest BCUT2D eigenvalue weighted by molar-refractivity contribution is -0.121. The van der Waals surface area contributed by atoms with Crippen molar-refractivity contribution in [3.63, 3.8) is 0 Å².